The molecule has 0 aromatic carbocycles. The molecule has 130 valence electrons. The van der Waals surface area contributed by atoms with Gasteiger partial charge in [0.2, 0.25) is 0 Å². The molecule has 1 saturated carbocycles. The Hall–Kier alpha value is -1.49. The van der Waals surface area contributed by atoms with Crippen molar-refractivity contribution in [3.05, 3.63) is 24.2 Å². The Bertz CT molecular complexity index is 453. The van der Waals surface area contributed by atoms with Crippen LogP contribution in [0.3, 0.4) is 0 Å². The van der Waals surface area contributed by atoms with E-state index < -0.39 is 0 Å². The molecule has 0 spiro atoms. The van der Waals surface area contributed by atoms with Gasteiger partial charge < -0.3 is 19.4 Å². The molecule has 1 aliphatic rings. The highest BCUT2D eigenvalue weighted by molar-refractivity contribution is 5.79. The maximum atomic E-state index is 5.73. The molecule has 0 unspecified atom stereocenters. The highest BCUT2D eigenvalue weighted by Crippen LogP contribution is 2.28. The lowest BCUT2D eigenvalue weighted by molar-refractivity contribution is 0.115. The minimum atomic E-state index is 0.552. The van der Waals surface area contributed by atoms with E-state index in [1.807, 2.05) is 12.1 Å². The van der Waals surface area contributed by atoms with Crippen molar-refractivity contribution >= 4 is 5.96 Å². The molecule has 0 atom stereocenters. The van der Waals surface area contributed by atoms with Crippen molar-refractivity contribution in [3.8, 4) is 0 Å². The van der Waals surface area contributed by atoms with Crippen LogP contribution in [0.5, 0.6) is 0 Å². The number of aliphatic imine (C=N–C) groups is 1. The largest absolute Gasteiger partial charge is 0.469 e. The van der Waals surface area contributed by atoms with Crippen molar-refractivity contribution in [3.63, 3.8) is 0 Å². The van der Waals surface area contributed by atoms with Crippen LogP contribution in [-0.2, 0) is 11.2 Å². The number of guanidine groups is 1. The zero-order chi connectivity index (χ0) is 16.5. The number of rotatable bonds is 10. The molecule has 0 amide bonds. The van der Waals surface area contributed by atoms with E-state index in [9.17, 15) is 0 Å². The van der Waals surface area contributed by atoms with Crippen LogP contribution in [-0.4, -0.2) is 50.8 Å². The molecule has 5 nitrogen and oxygen atoms in total. The van der Waals surface area contributed by atoms with Gasteiger partial charge in [0.15, 0.2) is 5.96 Å². The SMILES string of the molecule is CC(C)CN=C(NCCc1ccco1)N(C)CCOCC1CC1. The summed E-state index contributed by atoms with van der Waals surface area (Å²) in [6, 6.07) is 3.93. The van der Waals surface area contributed by atoms with Crippen LogP contribution in [0.2, 0.25) is 0 Å². The predicted octanol–water partition coefficient (Wildman–Crippen LogP) is 2.78. The maximum absolute atomic E-state index is 5.73. The van der Waals surface area contributed by atoms with E-state index in [-0.39, 0.29) is 0 Å². The second kappa shape index (κ2) is 9.60. The fourth-order valence-corrected chi connectivity index (χ4v) is 2.17. The number of hydrogen-bond acceptors (Lipinski definition) is 3. The quantitative estimate of drug-likeness (QED) is 0.409. The number of hydrogen-bond donors (Lipinski definition) is 1. The fourth-order valence-electron chi connectivity index (χ4n) is 2.17. The summed E-state index contributed by atoms with van der Waals surface area (Å²) >= 11 is 0. The zero-order valence-electron chi connectivity index (χ0n) is 14.8. The van der Waals surface area contributed by atoms with Crippen molar-refractivity contribution in [2.45, 2.75) is 33.1 Å². The molecule has 2 rings (SSSR count). The molecule has 0 bridgehead atoms. The second-order valence-corrected chi connectivity index (χ2v) is 6.75. The van der Waals surface area contributed by atoms with Crippen LogP contribution in [0.25, 0.3) is 0 Å². The molecule has 23 heavy (non-hydrogen) atoms. The van der Waals surface area contributed by atoms with Gasteiger partial charge >= 0.3 is 0 Å². The third-order valence-corrected chi connectivity index (χ3v) is 3.82. The fraction of sp³-hybridized carbons (Fsp3) is 0.722. The predicted molar refractivity (Wildman–Crippen MR) is 93.7 cm³/mol. The summed E-state index contributed by atoms with van der Waals surface area (Å²) in [5.74, 6) is 3.31. The van der Waals surface area contributed by atoms with Gasteiger partial charge in [-0.3, -0.25) is 4.99 Å². The number of nitrogens with zero attached hydrogens (tertiary/aromatic N) is 2. The molecule has 1 aliphatic carbocycles. The van der Waals surface area contributed by atoms with Crippen LogP contribution < -0.4 is 5.32 Å². The van der Waals surface area contributed by atoms with Gasteiger partial charge in [-0.2, -0.15) is 0 Å². The molecule has 0 radical (unpaired) electrons. The summed E-state index contributed by atoms with van der Waals surface area (Å²) in [6.45, 7) is 8.54. The third kappa shape index (κ3) is 7.55. The minimum Gasteiger partial charge on any atom is -0.469 e. The van der Waals surface area contributed by atoms with Gasteiger partial charge in [-0.1, -0.05) is 13.8 Å². The summed E-state index contributed by atoms with van der Waals surface area (Å²) in [5, 5.41) is 3.44. The molecule has 1 aromatic rings. The smallest absolute Gasteiger partial charge is 0.193 e. The van der Waals surface area contributed by atoms with Gasteiger partial charge in [0.25, 0.3) is 0 Å². The molecule has 5 heteroatoms. The lowest BCUT2D eigenvalue weighted by Crippen LogP contribution is -2.41. The molecule has 0 saturated heterocycles. The van der Waals surface area contributed by atoms with Crippen molar-refractivity contribution in [1.29, 1.82) is 0 Å². The number of furan rings is 1. The molecule has 1 aromatic heterocycles. The number of ether oxygens (including phenoxy) is 1. The number of likely N-dealkylation sites (N-methyl/N-ethyl adjacent to an activating group) is 1. The van der Waals surface area contributed by atoms with Crippen LogP contribution >= 0.6 is 0 Å². The Morgan fingerprint density at radius 3 is 2.96 bits per heavy atom. The maximum Gasteiger partial charge on any atom is 0.193 e. The van der Waals surface area contributed by atoms with Gasteiger partial charge in [-0.05, 0) is 36.8 Å². The summed E-state index contributed by atoms with van der Waals surface area (Å²) in [7, 11) is 2.07. The first-order chi connectivity index (χ1) is 11.1. The lowest BCUT2D eigenvalue weighted by atomic mass is 10.2. The molecular formula is C18H31N3O2. The highest BCUT2D eigenvalue weighted by atomic mass is 16.5. The van der Waals surface area contributed by atoms with Gasteiger partial charge in [0, 0.05) is 39.7 Å². The van der Waals surface area contributed by atoms with E-state index >= 15 is 0 Å². The molecule has 0 aliphatic heterocycles. The van der Waals surface area contributed by atoms with E-state index in [2.05, 4.69) is 31.1 Å². The van der Waals surface area contributed by atoms with E-state index in [0.29, 0.717) is 5.92 Å². The standard InChI is InChI=1S/C18H31N3O2/c1-15(2)13-20-18(19-9-8-17-5-4-11-23-17)21(3)10-12-22-14-16-6-7-16/h4-5,11,15-16H,6-10,12-14H2,1-3H3,(H,19,20). The van der Waals surface area contributed by atoms with E-state index in [1.165, 1.54) is 12.8 Å². The highest BCUT2D eigenvalue weighted by Gasteiger charge is 2.21. The minimum absolute atomic E-state index is 0.552. The summed E-state index contributed by atoms with van der Waals surface area (Å²) in [4.78, 5) is 6.86. The van der Waals surface area contributed by atoms with Crippen molar-refractivity contribution in [2.75, 3.05) is 39.9 Å². The van der Waals surface area contributed by atoms with Gasteiger partial charge in [0.1, 0.15) is 5.76 Å². The first-order valence-corrected chi connectivity index (χ1v) is 8.74. The van der Waals surface area contributed by atoms with Crippen LogP contribution in [0, 0.1) is 11.8 Å². The molecule has 1 N–H and O–H groups in total. The Balaban J connectivity index is 1.73. The van der Waals surface area contributed by atoms with Crippen molar-refractivity contribution in [1.82, 2.24) is 10.2 Å². The molecule has 1 fully saturated rings. The average Bonchev–Trinajstić information content (AvgIpc) is 3.20. The topological polar surface area (TPSA) is 50.0 Å². The van der Waals surface area contributed by atoms with E-state index in [1.54, 1.807) is 6.26 Å². The van der Waals surface area contributed by atoms with Crippen LogP contribution in [0.15, 0.2) is 27.8 Å². The summed E-state index contributed by atoms with van der Waals surface area (Å²) in [6.07, 6.45) is 5.25. The van der Waals surface area contributed by atoms with Crippen molar-refractivity contribution in [2.24, 2.45) is 16.8 Å². The van der Waals surface area contributed by atoms with Crippen LogP contribution in [0.4, 0.5) is 0 Å². The Labute approximate surface area is 140 Å². The first-order valence-electron chi connectivity index (χ1n) is 8.74. The average molecular weight is 321 g/mol. The van der Waals surface area contributed by atoms with E-state index in [0.717, 1.165) is 56.9 Å². The third-order valence-electron chi connectivity index (χ3n) is 3.82. The van der Waals surface area contributed by atoms with Gasteiger partial charge in [0.05, 0.1) is 12.9 Å². The van der Waals surface area contributed by atoms with Crippen LogP contribution in [0.1, 0.15) is 32.4 Å². The second-order valence-electron chi connectivity index (χ2n) is 6.75. The van der Waals surface area contributed by atoms with Gasteiger partial charge in [-0.25, -0.2) is 0 Å². The molecular weight excluding hydrogens is 290 g/mol. The van der Waals surface area contributed by atoms with Crippen molar-refractivity contribution < 1.29 is 9.15 Å². The summed E-state index contributed by atoms with van der Waals surface area (Å²) < 4.78 is 11.1. The Morgan fingerprint density at radius 2 is 2.30 bits per heavy atom. The Kier molecular flexibility index (Phi) is 7.46. The zero-order valence-corrected chi connectivity index (χ0v) is 14.8. The molecule has 1 heterocycles. The lowest BCUT2D eigenvalue weighted by Gasteiger charge is -2.22. The normalized spacial score (nSPS) is 15.2. The monoisotopic (exact) mass is 321 g/mol. The number of nitrogens with one attached hydrogen (secondary N) is 1. The van der Waals surface area contributed by atoms with E-state index in [4.69, 9.17) is 14.1 Å². The first kappa shape index (κ1) is 17.9. The van der Waals surface area contributed by atoms with Gasteiger partial charge in [-0.15, -0.1) is 0 Å². The summed E-state index contributed by atoms with van der Waals surface area (Å²) in [5.41, 5.74) is 0. The Morgan fingerprint density at radius 1 is 1.48 bits per heavy atom.